The normalized spacial score (nSPS) is 20.5. The smallest absolute Gasteiger partial charge is 0.0776 e. The Labute approximate surface area is 114 Å². The molecule has 0 radical (unpaired) electrons. The highest BCUT2D eigenvalue weighted by molar-refractivity contribution is 4.89. The number of rotatable bonds is 8. The van der Waals surface area contributed by atoms with Crippen molar-refractivity contribution in [3.05, 3.63) is 0 Å². The molecule has 2 unspecified atom stereocenters. The van der Waals surface area contributed by atoms with E-state index in [1.165, 1.54) is 32.1 Å². The molecule has 2 heteroatoms. The summed E-state index contributed by atoms with van der Waals surface area (Å²) in [5.74, 6) is 0.935. The van der Waals surface area contributed by atoms with Crippen LogP contribution < -0.4 is 5.32 Å². The van der Waals surface area contributed by atoms with Gasteiger partial charge in [0.1, 0.15) is 0 Å². The summed E-state index contributed by atoms with van der Waals surface area (Å²) in [7, 11) is 0. The van der Waals surface area contributed by atoms with Crippen LogP contribution in [0.15, 0.2) is 0 Å². The molecule has 0 bridgehead atoms. The topological polar surface area (TPSA) is 21.3 Å². The standard InChI is InChI=1S/C16H33NO/c1-6-11-17-14(12-13-9-8-10-13)15(18-7-2)16(3,4)5/h13-15,17H,6-12H2,1-5H3. The molecule has 0 aromatic carbocycles. The van der Waals surface area contributed by atoms with Crippen molar-refractivity contribution in [2.45, 2.75) is 78.9 Å². The molecule has 0 heterocycles. The number of nitrogens with one attached hydrogen (secondary N) is 1. The van der Waals surface area contributed by atoms with Crippen LogP contribution in [0.1, 0.15) is 66.7 Å². The Bertz CT molecular complexity index is 218. The first-order chi connectivity index (χ1) is 8.49. The minimum atomic E-state index is 0.213. The van der Waals surface area contributed by atoms with E-state index >= 15 is 0 Å². The van der Waals surface area contributed by atoms with E-state index in [9.17, 15) is 0 Å². The summed E-state index contributed by atoms with van der Waals surface area (Å²) in [6.07, 6.45) is 7.10. The van der Waals surface area contributed by atoms with Gasteiger partial charge in [-0.2, -0.15) is 0 Å². The quantitative estimate of drug-likeness (QED) is 0.708. The second-order valence-corrected chi connectivity index (χ2v) is 6.84. The van der Waals surface area contributed by atoms with E-state index in [0.29, 0.717) is 12.1 Å². The second kappa shape index (κ2) is 7.49. The molecule has 0 saturated heterocycles. The van der Waals surface area contributed by atoms with Gasteiger partial charge in [0.2, 0.25) is 0 Å². The summed E-state index contributed by atoms with van der Waals surface area (Å²) in [6, 6.07) is 0.523. The SMILES string of the molecule is CCCNC(CC1CCC1)C(OCC)C(C)(C)C. The summed E-state index contributed by atoms with van der Waals surface area (Å²) in [4.78, 5) is 0. The molecule has 108 valence electrons. The number of ether oxygens (including phenoxy) is 1. The van der Waals surface area contributed by atoms with E-state index in [-0.39, 0.29) is 5.41 Å². The zero-order valence-electron chi connectivity index (χ0n) is 13.1. The molecule has 1 N–H and O–H groups in total. The Morgan fingerprint density at radius 2 is 1.89 bits per heavy atom. The highest BCUT2D eigenvalue weighted by Gasteiger charge is 2.35. The highest BCUT2D eigenvalue weighted by atomic mass is 16.5. The summed E-state index contributed by atoms with van der Waals surface area (Å²) in [6.45, 7) is 13.2. The summed E-state index contributed by atoms with van der Waals surface area (Å²) in [5, 5.41) is 3.73. The van der Waals surface area contributed by atoms with Gasteiger partial charge in [0.05, 0.1) is 6.10 Å². The van der Waals surface area contributed by atoms with E-state index in [2.05, 4.69) is 39.9 Å². The largest absolute Gasteiger partial charge is 0.376 e. The first-order valence-electron chi connectivity index (χ1n) is 7.84. The van der Waals surface area contributed by atoms with Crippen molar-refractivity contribution in [1.82, 2.24) is 5.32 Å². The molecule has 0 aliphatic heterocycles. The third-order valence-corrected chi connectivity index (χ3v) is 4.03. The molecule has 0 aromatic rings. The van der Waals surface area contributed by atoms with E-state index in [1.54, 1.807) is 0 Å². The van der Waals surface area contributed by atoms with Crippen LogP contribution in [-0.4, -0.2) is 25.3 Å². The van der Waals surface area contributed by atoms with Gasteiger partial charge in [0.25, 0.3) is 0 Å². The lowest BCUT2D eigenvalue weighted by Gasteiger charge is -2.40. The van der Waals surface area contributed by atoms with E-state index < -0.39 is 0 Å². The van der Waals surface area contributed by atoms with E-state index in [0.717, 1.165) is 19.1 Å². The molecule has 1 rings (SSSR count). The molecule has 2 nitrogen and oxygen atoms in total. The highest BCUT2D eigenvalue weighted by Crippen LogP contribution is 2.34. The summed E-state index contributed by atoms with van der Waals surface area (Å²) < 4.78 is 6.07. The Hall–Kier alpha value is -0.0800. The third-order valence-electron chi connectivity index (χ3n) is 4.03. The van der Waals surface area contributed by atoms with Crippen molar-refractivity contribution in [2.24, 2.45) is 11.3 Å². The van der Waals surface area contributed by atoms with Gasteiger partial charge >= 0.3 is 0 Å². The Balaban J connectivity index is 2.62. The summed E-state index contributed by atoms with van der Waals surface area (Å²) in [5.41, 5.74) is 0.213. The molecule has 0 amide bonds. The van der Waals surface area contributed by atoms with Gasteiger partial charge in [0, 0.05) is 12.6 Å². The number of hydrogen-bond donors (Lipinski definition) is 1. The van der Waals surface area contributed by atoms with Crippen LogP contribution in [0.2, 0.25) is 0 Å². The molecule has 1 fully saturated rings. The van der Waals surface area contributed by atoms with Gasteiger partial charge in [-0.15, -0.1) is 0 Å². The van der Waals surface area contributed by atoms with Crippen molar-refractivity contribution in [3.8, 4) is 0 Å². The van der Waals surface area contributed by atoms with Crippen molar-refractivity contribution >= 4 is 0 Å². The Kier molecular flexibility index (Phi) is 6.65. The zero-order chi connectivity index (χ0) is 13.6. The second-order valence-electron chi connectivity index (χ2n) is 6.84. The van der Waals surface area contributed by atoms with Crippen LogP contribution in [-0.2, 0) is 4.74 Å². The van der Waals surface area contributed by atoms with Crippen LogP contribution in [0.4, 0.5) is 0 Å². The molecule has 0 spiro atoms. The minimum Gasteiger partial charge on any atom is -0.376 e. The lowest BCUT2D eigenvalue weighted by molar-refractivity contribution is -0.0428. The maximum Gasteiger partial charge on any atom is 0.0776 e. The van der Waals surface area contributed by atoms with Gasteiger partial charge in [-0.3, -0.25) is 0 Å². The minimum absolute atomic E-state index is 0.213. The van der Waals surface area contributed by atoms with Crippen molar-refractivity contribution in [3.63, 3.8) is 0 Å². The first-order valence-corrected chi connectivity index (χ1v) is 7.84. The van der Waals surface area contributed by atoms with E-state index in [1.807, 2.05) is 0 Å². The Morgan fingerprint density at radius 1 is 1.22 bits per heavy atom. The van der Waals surface area contributed by atoms with Crippen molar-refractivity contribution in [2.75, 3.05) is 13.2 Å². The van der Waals surface area contributed by atoms with E-state index in [4.69, 9.17) is 4.74 Å². The van der Waals surface area contributed by atoms with Gasteiger partial charge in [-0.1, -0.05) is 47.0 Å². The lowest BCUT2D eigenvalue weighted by atomic mass is 9.75. The average Bonchev–Trinajstić information content (AvgIpc) is 2.23. The maximum absolute atomic E-state index is 6.07. The predicted octanol–water partition coefficient (Wildman–Crippen LogP) is 4.00. The van der Waals surface area contributed by atoms with Crippen molar-refractivity contribution in [1.29, 1.82) is 0 Å². The summed E-state index contributed by atoms with van der Waals surface area (Å²) >= 11 is 0. The van der Waals surface area contributed by atoms with Crippen LogP contribution >= 0.6 is 0 Å². The monoisotopic (exact) mass is 255 g/mol. The molecule has 1 aliphatic carbocycles. The van der Waals surface area contributed by atoms with Crippen LogP contribution in [0.3, 0.4) is 0 Å². The fourth-order valence-corrected chi connectivity index (χ4v) is 2.88. The molecule has 2 atom stereocenters. The molecule has 0 aromatic heterocycles. The van der Waals surface area contributed by atoms with Gasteiger partial charge in [0.15, 0.2) is 0 Å². The maximum atomic E-state index is 6.07. The molecule has 1 saturated carbocycles. The fourth-order valence-electron chi connectivity index (χ4n) is 2.88. The van der Waals surface area contributed by atoms with Gasteiger partial charge in [-0.25, -0.2) is 0 Å². The average molecular weight is 255 g/mol. The molecule has 1 aliphatic rings. The first kappa shape index (κ1) is 16.0. The van der Waals surface area contributed by atoms with Crippen molar-refractivity contribution < 1.29 is 4.74 Å². The molecule has 18 heavy (non-hydrogen) atoms. The Morgan fingerprint density at radius 3 is 2.28 bits per heavy atom. The zero-order valence-corrected chi connectivity index (χ0v) is 13.1. The van der Waals surface area contributed by atoms with Crippen LogP contribution in [0, 0.1) is 11.3 Å². The van der Waals surface area contributed by atoms with Crippen LogP contribution in [0.5, 0.6) is 0 Å². The van der Waals surface area contributed by atoms with Gasteiger partial charge in [-0.05, 0) is 37.6 Å². The third kappa shape index (κ3) is 4.89. The van der Waals surface area contributed by atoms with Gasteiger partial charge < -0.3 is 10.1 Å². The fraction of sp³-hybridized carbons (Fsp3) is 1.00. The molecular weight excluding hydrogens is 222 g/mol. The molecular formula is C16H33NO. The van der Waals surface area contributed by atoms with Crippen LogP contribution in [0.25, 0.3) is 0 Å². The lowest BCUT2D eigenvalue weighted by Crippen LogP contribution is -2.49. The predicted molar refractivity (Wildman–Crippen MR) is 78.9 cm³/mol. The number of hydrogen-bond acceptors (Lipinski definition) is 2.